The summed E-state index contributed by atoms with van der Waals surface area (Å²) in [6.07, 6.45) is 1.45. The van der Waals surface area contributed by atoms with Crippen LogP contribution in [0.15, 0.2) is 96.1 Å². The molecular formula is C33H23N5O7. The number of hydrazone groups is 1. The Balaban J connectivity index is 1.39. The summed E-state index contributed by atoms with van der Waals surface area (Å²) >= 11 is 0. The summed E-state index contributed by atoms with van der Waals surface area (Å²) in [6.45, 7) is 1.69. The Hall–Kier alpha value is -6.04. The highest BCUT2D eigenvalue weighted by Crippen LogP contribution is 2.64. The second-order valence-electron chi connectivity index (χ2n) is 11.3. The quantitative estimate of drug-likeness (QED) is 0.144. The molecule has 0 aromatic heterocycles. The SMILES string of the molecule is Cc1ccc(N2C(=O)[C@@H]3[C@@H](C2=O)C2c4ccccc4C3(/C=N\NC(=O)c3cccc([N+](=O)[O-])c3)c3ccccc32)c([N+](=O)[O-])c1. The van der Waals surface area contributed by atoms with Crippen LogP contribution in [0, 0.1) is 39.0 Å². The van der Waals surface area contributed by atoms with E-state index in [4.69, 9.17) is 0 Å². The van der Waals surface area contributed by atoms with Crippen LogP contribution in [0.4, 0.5) is 17.1 Å². The lowest BCUT2D eigenvalue weighted by atomic mass is 9.47. The summed E-state index contributed by atoms with van der Waals surface area (Å²) in [6, 6.07) is 24.4. The van der Waals surface area contributed by atoms with Crippen molar-refractivity contribution in [1.29, 1.82) is 0 Å². The lowest BCUT2D eigenvalue weighted by Gasteiger charge is -2.52. The first kappa shape index (κ1) is 27.8. The summed E-state index contributed by atoms with van der Waals surface area (Å²) in [5.74, 6) is -4.30. The standard InChI is InChI=1S/C33H23N5O7/c1-18-13-14-25(26(15-18)38(44)45)36-31(40)28-27-21-9-2-4-11-23(21)33(29(28)32(36)41,24-12-5-3-10-22(24)27)17-34-35-30(39)19-7-6-8-20(16-19)37(42)43/h2-17,27-29H,1H3,(H,35,39)/b34-17-/t27?,28-,29-,33?/m0/s1. The number of aryl methyl sites for hydroxylation is 1. The van der Waals surface area contributed by atoms with E-state index < -0.39 is 50.7 Å². The number of nitro groups is 2. The number of nitrogens with zero attached hydrogens (tertiary/aromatic N) is 4. The third kappa shape index (κ3) is 3.92. The van der Waals surface area contributed by atoms with Gasteiger partial charge in [-0.15, -0.1) is 0 Å². The molecule has 3 aliphatic carbocycles. The number of rotatable bonds is 6. The van der Waals surface area contributed by atoms with E-state index in [-0.39, 0.29) is 22.6 Å². The van der Waals surface area contributed by atoms with Crippen molar-refractivity contribution in [3.8, 4) is 0 Å². The summed E-state index contributed by atoms with van der Waals surface area (Å²) in [4.78, 5) is 64.9. The van der Waals surface area contributed by atoms with Crippen molar-refractivity contribution in [1.82, 2.24) is 5.43 Å². The fourth-order valence-electron chi connectivity index (χ4n) is 7.27. The number of hydrogen-bond donors (Lipinski definition) is 1. The van der Waals surface area contributed by atoms with Crippen LogP contribution in [0.3, 0.4) is 0 Å². The van der Waals surface area contributed by atoms with Crippen LogP contribution in [0.25, 0.3) is 0 Å². The van der Waals surface area contributed by atoms with Crippen molar-refractivity contribution in [3.05, 3.63) is 145 Å². The minimum atomic E-state index is -1.33. The van der Waals surface area contributed by atoms with Gasteiger partial charge in [0, 0.05) is 35.9 Å². The summed E-state index contributed by atoms with van der Waals surface area (Å²) in [5.41, 5.74) is 4.08. The number of carbonyl (C=O) groups excluding carboxylic acids is 3. The van der Waals surface area contributed by atoms with Gasteiger partial charge in [-0.05, 0) is 46.9 Å². The molecule has 1 N–H and O–H groups in total. The highest BCUT2D eigenvalue weighted by Gasteiger charge is 2.68. The van der Waals surface area contributed by atoms with Gasteiger partial charge in [0.1, 0.15) is 5.69 Å². The van der Waals surface area contributed by atoms with Crippen molar-refractivity contribution in [3.63, 3.8) is 0 Å². The average Bonchev–Trinajstić information content (AvgIpc) is 3.31. The highest BCUT2D eigenvalue weighted by molar-refractivity contribution is 6.25. The second kappa shape index (κ2) is 10.0. The van der Waals surface area contributed by atoms with Crippen molar-refractivity contribution in [2.24, 2.45) is 16.9 Å². The normalized spacial score (nSPS) is 22.6. The number of hydrogen-bond acceptors (Lipinski definition) is 8. The van der Waals surface area contributed by atoms with Crippen LogP contribution in [0.1, 0.15) is 44.1 Å². The third-order valence-electron chi connectivity index (χ3n) is 9.01. The van der Waals surface area contributed by atoms with Crippen molar-refractivity contribution < 1.29 is 24.2 Å². The molecule has 4 aromatic rings. The summed E-state index contributed by atoms with van der Waals surface area (Å²) in [5, 5.41) is 27.6. The lowest BCUT2D eigenvalue weighted by Crippen LogP contribution is -2.54. The maximum absolute atomic E-state index is 14.5. The third-order valence-corrected chi connectivity index (χ3v) is 9.01. The van der Waals surface area contributed by atoms with Gasteiger partial charge < -0.3 is 0 Å². The summed E-state index contributed by atoms with van der Waals surface area (Å²) < 4.78 is 0. The molecule has 1 saturated heterocycles. The molecule has 0 saturated carbocycles. The Kier molecular flexibility index (Phi) is 6.18. The van der Waals surface area contributed by atoms with E-state index in [1.807, 2.05) is 48.5 Å². The van der Waals surface area contributed by atoms with Gasteiger partial charge in [-0.1, -0.05) is 60.7 Å². The second-order valence-corrected chi connectivity index (χ2v) is 11.3. The number of imide groups is 1. The van der Waals surface area contributed by atoms with Crippen LogP contribution in [0.5, 0.6) is 0 Å². The van der Waals surface area contributed by atoms with Crippen molar-refractivity contribution in [2.75, 3.05) is 4.90 Å². The Morgan fingerprint density at radius 3 is 2.18 bits per heavy atom. The molecule has 12 heteroatoms. The van der Waals surface area contributed by atoms with Crippen LogP contribution in [0.2, 0.25) is 0 Å². The van der Waals surface area contributed by atoms with Crippen LogP contribution < -0.4 is 10.3 Å². The topological polar surface area (TPSA) is 165 Å². The lowest BCUT2D eigenvalue weighted by molar-refractivity contribution is -0.384. The minimum absolute atomic E-state index is 0.00913. The van der Waals surface area contributed by atoms with Crippen LogP contribution >= 0.6 is 0 Å². The van der Waals surface area contributed by atoms with Gasteiger partial charge in [-0.2, -0.15) is 5.10 Å². The smallest absolute Gasteiger partial charge is 0.274 e. The van der Waals surface area contributed by atoms with Gasteiger partial charge in [0.2, 0.25) is 11.8 Å². The monoisotopic (exact) mass is 601 g/mol. The molecule has 2 bridgehead atoms. The zero-order valence-electron chi connectivity index (χ0n) is 23.6. The molecule has 1 aliphatic heterocycles. The Morgan fingerprint density at radius 1 is 0.867 bits per heavy atom. The molecule has 4 aromatic carbocycles. The van der Waals surface area contributed by atoms with Gasteiger partial charge in [-0.25, -0.2) is 10.3 Å². The van der Waals surface area contributed by atoms with Gasteiger partial charge in [-0.3, -0.25) is 34.6 Å². The van der Waals surface area contributed by atoms with E-state index in [0.717, 1.165) is 33.2 Å². The molecule has 8 rings (SSSR count). The molecule has 222 valence electrons. The molecule has 0 radical (unpaired) electrons. The number of non-ortho nitro benzene ring substituents is 1. The van der Waals surface area contributed by atoms with Gasteiger partial charge in [0.15, 0.2) is 0 Å². The predicted octanol–water partition coefficient (Wildman–Crippen LogP) is 4.78. The number of nitro benzene ring substituents is 2. The number of nitrogens with one attached hydrogen (secondary N) is 1. The van der Waals surface area contributed by atoms with E-state index >= 15 is 0 Å². The van der Waals surface area contributed by atoms with Gasteiger partial charge >= 0.3 is 0 Å². The first-order valence-electron chi connectivity index (χ1n) is 14.1. The fourth-order valence-corrected chi connectivity index (χ4v) is 7.27. The largest absolute Gasteiger partial charge is 0.293 e. The Bertz CT molecular complexity index is 1970. The maximum Gasteiger partial charge on any atom is 0.293 e. The number of anilines is 1. The van der Waals surface area contributed by atoms with E-state index in [1.54, 1.807) is 13.0 Å². The van der Waals surface area contributed by atoms with Crippen LogP contribution in [-0.2, 0) is 15.0 Å². The Labute approximate surface area is 255 Å². The van der Waals surface area contributed by atoms with Gasteiger partial charge in [0.05, 0.1) is 27.1 Å². The molecule has 12 nitrogen and oxygen atoms in total. The average molecular weight is 602 g/mol. The summed E-state index contributed by atoms with van der Waals surface area (Å²) in [7, 11) is 0. The molecule has 0 unspecified atom stereocenters. The molecule has 3 amide bonds. The number of carbonyl (C=O) groups is 3. The van der Waals surface area contributed by atoms with Crippen molar-refractivity contribution in [2.45, 2.75) is 18.3 Å². The van der Waals surface area contributed by atoms with E-state index in [1.165, 1.54) is 36.5 Å². The first-order valence-corrected chi connectivity index (χ1v) is 14.1. The maximum atomic E-state index is 14.5. The minimum Gasteiger partial charge on any atom is -0.274 e. The number of benzene rings is 4. The predicted molar refractivity (Wildman–Crippen MR) is 162 cm³/mol. The molecule has 1 fully saturated rings. The Morgan fingerprint density at radius 2 is 1.53 bits per heavy atom. The van der Waals surface area contributed by atoms with E-state index in [2.05, 4.69) is 10.5 Å². The van der Waals surface area contributed by atoms with Gasteiger partial charge in [0.25, 0.3) is 17.3 Å². The molecule has 2 atom stereocenters. The first-order chi connectivity index (χ1) is 21.6. The highest BCUT2D eigenvalue weighted by atomic mass is 16.6. The zero-order chi connectivity index (χ0) is 31.6. The molecule has 1 heterocycles. The molecular weight excluding hydrogens is 578 g/mol. The molecule has 4 aliphatic rings. The molecule has 0 spiro atoms. The van der Waals surface area contributed by atoms with Crippen LogP contribution in [-0.4, -0.2) is 33.8 Å². The molecule has 45 heavy (non-hydrogen) atoms. The van der Waals surface area contributed by atoms with Crippen molar-refractivity contribution >= 4 is 41.0 Å². The van der Waals surface area contributed by atoms with E-state index in [9.17, 15) is 34.6 Å². The fraction of sp³-hybridized carbons (Fsp3) is 0.152. The zero-order valence-corrected chi connectivity index (χ0v) is 23.6. The number of amides is 3. The van der Waals surface area contributed by atoms with E-state index in [0.29, 0.717) is 5.56 Å².